The van der Waals surface area contributed by atoms with Gasteiger partial charge in [0.1, 0.15) is 11.4 Å². The standard InChI is InChI=1S/C12H13N3OS2/c1-7-9(18-6-14-7)3-2-8-4-15-11(16)10(13)12(15)17-5-8/h2-4,6,10,12H,5,13H2,1H3/b3-2-. The summed E-state index contributed by atoms with van der Waals surface area (Å²) in [4.78, 5) is 18.6. The molecule has 0 aliphatic carbocycles. The van der Waals surface area contributed by atoms with Gasteiger partial charge in [-0.1, -0.05) is 6.08 Å². The predicted octanol–water partition coefficient (Wildman–Crippen LogP) is 1.59. The van der Waals surface area contributed by atoms with Gasteiger partial charge in [0.15, 0.2) is 0 Å². The smallest absolute Gasteiger partial charge is 0.247 e. The number of thioether (sulfide) groups is 1. The van der Waals surface area contributed by atoms with Gasteiger partial charge in [-0.25, -0.2) is 4.98 Å². The number of β-lactam (4-membered cyclic amide) rings is 1. The van der Waals surface area contributed by atoms with E-state index in [0.717, 1.165) is 21.9 Å². The number of hydrogen-bond donors (Lipinski definition) is 1. The Morgan fingerprint density at radius 2 is 2.39 bits per heavy atom. The van der Waals surface area contributed by atoms with Crippen LogP contribution in [0.2, 0.25) is 0 Å². The van der Waals surface area contributed by atoms with Gasteiger partial charge in [-0.05, 0) is 18.6 Å². The van der Waals surface area contributed by atoms with Crippen molar-refractivity contribution < 1.29 is 4.79 Å². The zero-order valence-corrected chi connectivity index (χ0v) is 11.5. The molecule has 0 bridgehead atoms. The lowest BCUT2D eigenvalue weighted by Crippen LogP contribution is -2.65. The van der Waals surface area contributed by atoms with Crippen LogP contribution in [0.5, 0.6) is 0 Å². The Morgan fingerprint density at radius 3 is 3.11 bits per heavy atom. The van der Waals surface area contributed by atoms with Crippen LogP contribution in [0.4, 0.5) is 0 Å². The Morgan fingerprint density at radius 1 is 1.56 bits per heavy atom. The molecule has 18 heavy (non-hydrogen) atoms. The minimum absolute atomic E-state index is 0.0204. The molecule has 1 fully saturated rings. The first-order chi connectivity index (χ1) is 8.66. The van der Waals surface area contributed by atoms with E-state index in [1.54, 1.807) is 28.0 Å². The third kappa shape index (κ3) is 1.90. The van der Waals surface area contributed by atoms with Crippen LogP contribution in [-0.2, 0) is 4.79 Å². The van der Waals surface area contributed by atoms with Crippen molar-refractivity contribution >= 4 is 35.1 Å². The molecule has 3 heterocycles. The quantitative estimate of drug-likeness (QED) is 0.835. The van der Waals surface area contributed by atoms with Gasteiger partial charge < -0.3 is 10.6 Å². The molecule has 2 N–H and O–H groups in total. The maximum Gasteiger partial charge on any atom is 0.247 e. The molecular weight excluding hydrogens is 266 g/mol. The molecule has 6 heteroatoms. The van der Waals surface area contributed by atoms with E-state index in [0.29, 0.717) is 0 Å². The highest BCUT2D eigenvalue weighted by atomic mass is 32.2. The lowest BCUT2D eigenvalue weighted by molar-refractivity contribution is -0.140. The highest BCUT2D eigenvalue weighted by molar-refractivity contribution is 8.00. The summed E-state index contributed by atoms with van der Waals surface area (Å²) in [7, 11) is 0. The van der Waals surface area contributed by atoms with Crippen molar-refractivity contribution in [3.05, 3.63) is 33.9 Å². The Hall–Kier alpha value is -1.11. The maximum absolute atomic E-state index is 11.5. The van der Waals surface area contributed by atoms with Crippen LogP contribution in [0.25, 0.3) is 6.08 Å². The van der Waals surface area contributed by atoms with Gasteiger partial charge in [-0.3, -0.25) is 4.79 Å². The van der Waals surface area contributed by atoms with E-state index in [2.05, 4.69) is 17.1 Å². The van der Waals surface area contributed by atoms with Gasteiger partial charge in [-0.15, -0.1) is 23.1 Å². The normalized spacial score (nSPS) is 27.1. The van der Waals surface area contributed by atoms with Crippen LogP contribution < -0.4 is 5.73 Å². The number of nitrogens with zero attached hydrogens (tertiary/aromatic N) is 2. The molecule has 1 aromatic heterocycles. The van der Waals surface area contributed by atoms with Crippen LogP contribution in [0, 0.1) is 6.92 Å². The number of thiazole rings is 1. The first-order valence-electron chi connectivity index (χ1n) is 5.65. The highest BCUT2D eigenvalue weighted by Crippen LogP contribution is 2.35. The van der Waals surface area contributed by atoms with Crippen molar-refractivity contribution in [2.75, 3.05) is 5.75 Å². The van der Waals surface area contributed by atoms with Crippen molar-refractivity contribution in [1.29, 1.82) is 0 Å². The lowest BCUT2D eigenvalue weighted by Gasteiger charge is -2.45. The molecule has 3 rings (SSSR count). The number of fused-ring (bicyclic) bond motifs is 1. The number of hydrogen-bond acceptors (Lipinski definition) is 5. The summed E-state index contributed by atoms with van der Waals surface area (Å²) in [5.74, 6) is 0.920. The Balaban J connectivity index is 1.75. The third-order valence-corrected chi connectivity index (χ3v) is 5.34. The Bertz CT molecular complexity index is 549. The molecule has 2 aliphatic rings. The van der Waals surface area contributed by atoms with E-state index in [-0.39, 0.29) is 17.3 Å². The number of nitrogens with two attached hydrogens (primary N) is 1. The van der Waals surface area contributed by atoms with Crippen molar-refractivity contribution in [3.8, 4) is 0 Å². The zero-order chi connectivity index (χ0) is 12.7. The van der Waals surface area contributed by atoms with Crippen molar-refractivity contribution in [2.45, 2.75) is 18.3 Å². The highest BCUT2D eigenvalue weighted by Gasteiger charge is 2.45. The first kappa shape index (κ1) is 12.0. The van der Waals surface area contributed by atoms with Gasteiger partial charge in [-0.2, -0.15) is 0 Å². The minimum Gasteiger partial charge on any atom is -0.317 e. The van der Waals surface area contributed by atoms with Crippen molar-refractivity contribution in [3.63, 3.8) is 0 Å². The van der Waals surface area contributed by atoms with Gasteiger partial charge in [0.05, 0.1) is 11.2 Å². The number of aromatic nitrogens is 1. The molecule has 0 aromatic carbocycles. The predicted molar refractivity (Wildman–Crippen MR) is 75.0 cm³/mol. The van der Waals surface area contributed by atoms with Crippen LogP contribution >= 0.6 is 23.1 Å². The lowest BCUT2D eigenvalue weighted by atomic mass is 10.1. The molecule has 2 aliphatic heterocycles. The van der Waals surface area contributed by atoms with Crippen molar-refractivity contribution in [2.24, 2.45) is 5.73 Å². The third-order valence-electron chi connectivity index (χ3n) is 3.08. The monoisotopic (exact) mass is 279 g/mol. The number of amides is 1. The van der Waals surface area contributed by atoms with E-state index in [1.165, 1.54) is 0 Å². The van der Waals surface area contributed by atoms with Crippen LogP contribution in [-0.4, -0.2) is 33.0 Å². The fourth-order valence-corrected chi connectivity index (χ4v) is 3.85. The molecule has 1 saturated heterocycles. The fraction of sp³-hybridized carbons (Fsp3) is 0.333. The second-order valence-electron chi connectivity index (χ2n) is 4.31. The zero-order valence-electron chi connectivity index (χ0n) is 9.87. The van der Waals surface area contributed by atoms with E-state index in [1.807, 2.05) is 18.6 Å². The maximum atomic E-state index is 11.5. The molecule has 0 radical (unpaired) electrons. The summed E-state index contributed by atoms with van der Waals surface area (Å²) in [6.45, 7) is 1.99. The van der Waals surface area contributed by atoms with Crippen molar-refractivity contribution in [1.82, 2.24) is 9.88 Å². The SMILES string of the molecule is Cc1ncsc1/C=C\C1=CN2C(=O)C(N)C2SC1. The molecule has 1 aromatic rings. The van der Waals surface area contributed by atoms with Gasteiger partial charge in [0, 0.05) is 16.8 Å². The molecule has 94 valence electrons. The largest absolute Gasteiger partial charge is 0.317 e. The summed E-state index contributed by atoms with van der Waals surface area (Å²) in [5.41, 5.74) is 9.75. The van der Waals surface area contributed by atoms with Gasteiger partial charge in [0.2, 0.25) is 5.91 Å². The molecule has 2 atom stereocenters. The Kier molecular flexibility index (Phi) is 3.01. The Labute approximate surface area is 114 Å². The first-order valence-corrected chi connectivity index (χ1v) is 7.58. The summed E-state index contributed by atoms with van der Waals surface area (Å²) in [6, 6.07) is -0.319. The summed E-state index contributed by atoms with van der Waals surface area (Å²) in [6.07, 6.45) is 6.03. The minimum atomic E-state index is -0.319. The van der Waals surface area contributed by atoms with E-state index in [4.69, 9.17) is 5.73 Å². The topological polar surface area (TPSA) is 59.2 Å². The second-order valence-corrected chi connectivity index (χ2v) is 6.30. The van der Waals surface area contributed by atoms with E-state index in [9.17, 15) is 4.79 Å². The molecule has 2 unspecified atom stereocenters. The molecule has 0 saturated carbocycles. The van der Waals surface area contributed by atoms with Gasteiger partial charge in [0.25, 0.3) is 0 Å². The molecule has 4 nitrogen and oxygen atoms in total. The number of carbonyl (C=O) groups is 1. The number of rotatable bonds is 2. The molecule has 0 spiro atoms. The fourth-order valence-electron chi connectivity index (χ4n) is 1.97. The van der Waals surface area contributed by atoms with Crippen LogP contribution in [0.3, 0.4) is 0 Å². The summed E-state index contributed by atoms with van der Waals surface area (Å²) >= 11 is 3.34. The van der Waals surface area contributed by atoms with E-state index < -0.39 is 0 Å². The molecular formula is C12H13N3OS2. The van der Waals surface area contributed by atoms with E-state index >= 15 is 0 Å². The average molecular weight is 279 g/mol. The van der Waals surface area contributed by atoms with Gasteiger partial charge >= 0.3 is 0 Å². The second kappa shape index (κ2) is 4.53. The summed E-state index contributed by atoms with van der Waals surface area (Å²) < 4.78 is 0. The average Bonchev–Trinajstić information content (AvgIpc) is 2.80. The van der Waals surface area contributed by atoms with Crippen LogP contribution in [0.1, 0.15) is 10.6 Å². The molecule has 1 amide bonds. The number of carbonyl (C=O) groups excluding carboxylic acids is 1. The van der Waals surface area contributed by atoms with Crippen LogP contribution in [0.15, 0.2) is 23.4 Å². The number of aryl methyl sites for hydroxylation is 1. The summed E-state index contributed by atoms with van der Waals surface area (Å²) in [5, 5.41) is 0.139. The number of allylic oxidation sites excluding steroid dienone is 1.